The molecule has 0 bridgehead atoms. The van der Waals surface area contributed by atoms with E-state index in [2.05, 4.69) is 10.3 Å². The van der Waals surface area contributed by atoms with Crippen molar-refractivity contribution in [3.05, 3.63) is 29.8 Å². The van der Waals surface area contributed by atoms with Crippen LogP contribution in [0.15, 0.2) is 18.5 Å². The van der Waals surface area contributed by atoms with Gasteiger partial charge >= 0.3 is 0 Å². The topological polar surface area (TPSA) is 34.2 Å². The van der Waals surface area contributed by atoms with E-state index in [-0.39, 0.29) is 18.0 Å². The van der Waals surface area contributed by atoms with Crippen molar-refractivity contribution in [3.63, 3.8) is 0 Å². The second-order valence-electron chi connectivity index (χ2n) is 4.24. The van der Waals surface area contributed by atoms with E-state index in [1.165, 1.54) is 25.1 Å². The summed E-state index contributed by atoms with van der Waals surface area (Å²) in [6, 6.07) is 1.53. The van der Waals surface area contributed by atoms with Gasteiger partial charge in [0.1, 0.15) is 5.82 Å². The number of aromatic nitrogens is 1. The van der Waals surface area contributed by atoms with Crippen molar-refractivity contribution in [2.75, 3.05) is 14.2 Å². The maximum atomic E-state index is 13.1. The minimum Gasteiger partial charge on any atom is -0.379 e. The van der Waals surface area contributed by atoms with Crippen molar-refractivity contribution in [2.24, 2.45) is 5.92 Å². The van der Waals surface area contributed by atoms with Gasteiger partial charge in [-0.3, -0.25) is 4.98 Å². The Morgan fingerprint density at radius 3 is 2.75 bits per heavy atom. The van der Waals surface area contributed by atoms with Crippen LogP contribution in [-0.4, -0.2) is 25.2 Å². The number of methoxy groups -OCH3 is 1. The van der Waals surface area contributed by atoms with Crippen LogP contribution in [0.25, 0.3) is 0 Å². The number of rotatable bonds is 5. The lowest BCUT2D eigenvalue weighted by Crippen LogP contribution is -2.32. The van der Waals surface area contributed by atoms with Gasteiger partial charge in [-0.15, -0.1) is 0 Å². The van der Waals surface area contributed by atoms with E-state index in [0.717, 1.165) is 5.56 Å². The molecule has 1 saturated carbocycles. The monoisotopic (exact) mass is 224 g/mol. The summed E-state index contributed by atoms with van der Waals surface area (Å²) in [4.78, 5) is 3.88. The summed E-state index contributed by atoms with van der Waals surface area (Å²) in [5.74, 6) is 0.286. The van der Waals surface area contributed by atoms with E-state index in [1.54, 1.807) is 13.3 Å². The molecule has 2 rings (SSSR count). The predicted molar refractivity (Wildman–Crippen MR) is 59.5 cm³/mol. The Balaban J connectivity index is 2.20. The minimum atomic E-state index is -0.302. The molecule has 0 aromatic carbocycles. The Hall–Kier alpha value is -1.00. The lowest BCUT2D eigenvalue weighted by atomic mass is 9.99. The highest BCUT2D eigenvalue weighted by molar-refractivity contribution is 5.17. The van der Waals surface area contributed by atoms with Gasteiger partial charge in [0, 0.05) is 13.3 Å². The van der Waals surface area contributed by atoms with Crippen LogP contribution in [0.3, 0.4) is 0 Å². The lowest BCUT2D eigenvalue weighted by molar-refractivity contribution is 0.0528. The molecule has 1 heterocycles. The van der Waals surface area contributed by atoms with Crippen molar-refractivity contribution in [1.29, 1.82) is 0 Å². The molecule has 1 aromatic rings. The molecule has 88 valence electrons. The van der Waals surface area contributed by atoms with Crippen molar-refractivity contribution >= 4 is 0 Å². The van der Waals surface area contributed by atoms with E-state index in [4.69, 9.17) is 4.74 Å². The lowest BCUT2D eigenvalue weighted by Gasteiger charge is -2.25. The minimum absolute atomic E-state index is 0.0145. The second-order valence-corrected chi connectivity index (χ2v) is 4.24. The summed E-state index contributed by atoms with van der Waals surface area (Å²) in [6.45, 7) is 0. The van der Waals surface area contributed by atoms with E-state index in [1.807, 2.05) is 7.05 Å². The van der Waals surface area contributed by atoms with E-state index in [9.17, 15) is 4.39 Å². The molecule has 0 saturated heterocycles. The number of nitrogens with zero attached hydrogens (tertiary/aromatic N) is 1. The molecule has 0 spiro atoms. The molecule has 1 aliphatic rings. The fourth-order valence-electron chi connectivity index (χ4n) is 2.14. The summed E-state index contributed by atoms with van der Waals surface area (Å²) >= 11 is 0. The highest BCUT2D eigenvalue weighted by atomic mass is 19.1. The third-order valence-electron chi connectivity index (χ3n) is 3.08. The first-order valence-electron chi connectivity index (χ1n) is 5.56. The van der Waals surface area contributed by atoms with Gasteiger partial charge in [-0.2, -0.15) is 0 Å². The average Bonchev–Trinajstić information content (AvgIpc) is 3.09. The highest BCUT2D eigenvalue weighted by Gasteiger charge is 2.37. The van der Waals surface area contributed by atoms with Crippen LogP contribution in [0.5, 0.6) is 0 Å². The summed E-state index contributed by atoms with van der Waals surface area (Å²) in [7, 11) is 3.57. The van der Waals surface area contributed by atoms with Crippen molar-refractivity contribution in [2.45, 2.75) is 25.0 Å². The summed E-state index contributed by atoms with van der Waals surface area (Å²) < 4.78 is 18.6. The molecule has 3 nitrogen and oxygen atoms in total. The molecule has 1 fully saturated rings. The van der Waals surface area contributed by atoms with Crippen LogP contribution in [0, 0.1) is 11.7 Å². The van der Waals surface area contributed by atoms with Crippen LogP contribution in [0.4, 0.5) is 4.39 Å². The number of likely N-dealkylation sites (N-methyl/N-ethyl adjacent to an activating group) is 1. The van der Waals surface area contributed by atoms with Crippen LogP contribution >= 0.6 is 0 Å². The maximum absolute atomic E-state index is 13.1. The molecule has 1 aromatic heterocycles. The third-order valence-corrected chi connectivity index (χ3v) is 3.08. The molecule has 2 unspecified atom stereocenters. The fraction of sp³-hybridized carbons (Fsp3) is 0.583. The Kier molecular flexibility index (Phi) is 3.51. The van der Waals surface area contributed by atoms with Crippen LogP contribution in [0.1, 0.15) is 24.4 Å². The standard InChI is InChI=1S/C12H17FN2O/c1-14-11(12(16-2)8-3-4-8)9-5-10(13)7-15-6-9/h5-8,11-12,14H,3-4H2,1-2H3. The average molecular weight is 224 g/mol. The zero-order valence-corrected chi connectivity index (χ0v) is 9.61. The van der Waals surface area contributed by atoms with Gasteiger partial charge in [-0.1, -0.05) is 0 Å². The molecule has 1 N–H and O–H groups in total. The van der Waals surface area contributed by atoms with E-state index in [0.29, 0.717) is 5.92 Å². The summed E-state index contributed by atoms with van der Waals surface area (Å²) in [5.41, 5.74) is 0.848. The predicted octanol–water partition coefficient (Wildman–Crippen LogP) is 1.91. The van der Waals surface area contributed by atoms with Crippen molar-refractivity contribution in [3.8, 4) is 0 Å². The fourth-order valence-corrected chi connectivity index (χ4v) is 2.14. The number of hydrogen-bond donors (Lipinski definition) is 1. The molecular formula is C12H17FN2O. The zero-order valence-electron chi connectivity index (χ0n) is 9.61. The third kappa shape index (κ3) is 2.39. The van der Waals surface area contributed by atoms with Crippen molar-refractivity contribution < 1.29 is 9.13 Å². The molecule has 0 radical (unpaired) electrons. The van der Waals surface area contributed by atoms with Crippen LogP contribution < -0.4 is 5.32 Å². The van der Waals surface area contributed by atoms with Crippen LogP contribution in [0.2, 0.25) is 0 Å². The number of nitrogens with one attached hydrogen (secondary N) is 1. The number of ether oxygens (including phenoxy) is 1. The number of hydrogen-bond acceptors (Lipinski definition) is 3. The molecular weight excluding hydrogens is 207 g/mol. The number of pyridine rings is 1. The largest absolute Gasteiger partial charge is 0.379 e. The first kappa shape index (κ1) is 11.5. The Morgan fingerprint density at radius 1 is 1.50 bits per heavy atom. The van der Waals surface area contributed by atoms with Crippen LogP contribution in [-0.2, 0) is 4.74 Å². The second kappa shape index (κ2) is 4.89. The van der Waals surface area contributed by atoms with Crippen molar-refractivity contribution in [1.82, 2.24) is 10.3 Å². The van der Waals surface area contributed by atoms with E-state index >= 15 is 0 Å². The Labute approximate surface area is 95.0 Å². The maximum Gasteiger partial charge on any atom is 0.141 e. The Morgan fingerprint density at radius 2 is 2.25 bits per heavy atom. The first-order valence-corrected chi connectivity index (χ1v) is 5.56. The van der Waals surface area contributed by atoms with Gasteiger partial charge in [0.2, 0.25) is 0 Å². The summed E-state index contributed by atoms with van der Waals surface area (Å²) in [6.07, 6.45) is 5.40. The molecule has 4 heteroatoms. The molecule has 0 amide bonds. The molecule has 0 aliphatic heterocycles. The summed E-state index contributed by atoms with van der Waals surface area (Å²) in [5, 5.41) is 3.19. The first-order chi connectivity index (χ1) is 7.76. The van der Waals surface area contributed by atoms with Gasteiger partial charge in [-0.25, -0.2) is 4.39 Å². The van der Waals surface area contributed by atoms with Gasteiger partial charge in [0.25, 0.3) is 0 Å². The zero-order chi connectivity index (χ0) is 11.5. The smallest absolute Gasteiger partial charge is 0.141 e. The SMILES string of the molecule is CNC(c1cncc(F)c1)C(OC)C1CC1. The number of halogens is 1. The van der Waals surface area contributed by atoms with Gasteiger partial charge in [0.05, 0.1) is 18.3 Å². The molecule has 2 atom stereocenters. The van der Waals surface area contributed by atoms with Gasteiger partial charge < -0.3 is 10.1 Å². The molecule has 1 aliphatic carbocycles. The highest BCUT2D eigenvalue weighted by Crippen LogP contribution is 2.39. The van der Waals surface area contributed by atoms with E-state index < -0.39 is 0 Å². The van der Waals surface area contributed by atoms with Gasteiger partial charge in [-0.05, 0) is 37.4 Å². The van der Waals surface area contributed by atoms with Gasteiger partial charge in [0.15, 0.2) is 0 Å². The normalized spacial score (nSPS) is 19.4. The molecule has 16 heavy (non-hydrogen) atoms. The quantitative estimate of drug-likeness (QED) is 0.829. The Bertz CT molecular complexity index is 355.